The molecule has 0 saturated carbocycles. The molecule has 0 bridgehead atoms. The van der Waals surface area contributed by atoms with Crippen LogP contribution in [0.1, 0.15) is 27.0 Å². The van der Waals surface area contributed by atoms with E-state index in [2.05, 4.69) is 10.5 Å². The van der Waals surface area contributed by atoms with E-state index in [0.717, 1.165) is 11.1 Å². The van der Waals surface area contributed by atoms with Gasteiger partial charge in [-0.05, 0) is 49.2 Å². The molecule has 2 rings (SSSR count). The van der Waals surface area contributed by atoms with E-state index in [0.29, 0.717) is 16.8 Å². The molecule has 0 unspecified atom stereocenters. The van der Waals surface area contributed by atoms with Crippen LogP contribution in [0.3, 0.4) is 0 Å². The summed E-state index contributed by atoms with van der Waals surface area (Å²) < 4.78 is 0. The number of nitrogens with zero attached hydrogens (tertiary/aromatic N) is 1. The van der Waals surface area contributed by atoms with E-state index in [1.807, 2.05) is 26.0 Å². The van der Waals surface area contributed by atoms with Gasteiger partial charge in [-0.1, -0.05) is 23.4 Å². The highest BCUT2D eigenvalue weighted by molar-refractivity contribution is 6.09. The van der Waals surface area contributed by atoms with Gasteiger partial charge < -0.3 is 16.3 Å². The number of benzene rings is 2. The second-order valence-electron chi connectivity index (χ2n) is 4.78. The number of hydrogen-bond donors (Lipinski definition) is 3. The summed E-state index contributed by atoms with van der Waals surface area (Å²) in [7, 11) is 0. The molecule has 0 atom stereocenters. The fraction of sp³-hybridized carbons (Fsp3) is 0.125. The molecule has 2 aromatic carbocycles. The van der Waals surface area contributed by atoms with Crippen molar-refractivity contribution >= 4 is 17.4 Å². The fourth-order valence-corrected chi connectivity index (χ4v) is 1.95. The van der Waals surface area contributed by atoms with Gasteiger partial charge in [-0.2, -0.15) is 0 Å². The van der Waals surface area contributed by atoms with Crippen molar-refractivity contribution in [3.8, 4) is 0 Å². The van der Waals surface area contributed by atoms with E-state index in [1.165, 1.54) is 0 Å². The van der Waals surface area contributed by atoms with Gasteiger partial charge in [0.15, 0.2) is 5.84 Å². The van der Waals surface area contributed by atoms with Crippen molar-refractivity contribution in [1.82, 2.24) is 0 Å². The lowest BCUT2D eigenvalue weighted by Gasteiger charge is -2.10. The van der Waals surface area contributed by atoms with Crippen molar-refractivity contribution < 1.29 is 10.0 Å². The van der Waals surface area contributed by atoms with E-state index in [1.54, 1.807) is 30.3 Å². The molecule has 5 nitrogen and oxygen atoms in total. The Bertz CT molecular complexity index is 708. The Kier molecular flexibility index (Phi) is 4.23. The molecule has 0 radical (unpaired) electrons. The standard InChI is InChI=1S/C16H17N3O2/c1-10-7-8-12(9-11(10)2)16(20)18-14-6-4-3-5-13(14)15(17)19-21/h3-9,21H,1-2H3,(H2,17,19)(H,18,20). The maximum atomic E-state index is 12.3. The fourth-order valence-electron chi connectivity index (χ4n) is 1.95. The lowest BCUT2D eigenvalue weighted by atomic mass is 10.1. The Balaban J connectivity index is 2.30. The molecule has 0 aliphatic carbocycles. The van der Waals surface area contributed by atoms with Crippen molar-refractivity contribution in [3.05, 3.63) is 64.7 Å². The molecule has 5 heteroatoms. The number of nitrogens with two attached hydrogens (primary N) is 1. The zero-order valence-corrected chi connectivity index (χ0v) is 11.9. The van der Waals surface area contributed by atoms with Crippen LogP contribution in [0.25, 0.3) is 0 Å². The zero-order valence-electron chi connectivity index (χ0n) is 11.9. The first-order valence-electron chi connectivity index (χ1n) is 6.48. The van der Waals surface area contributed by atoms with Crippen LogP contribution < -0.4 is 11.1 Å². The van der Waals surface area contributed by atoms with Crippen molar-refractivity contribution in [2.45, 2.75) is 13.8 Å². The van der Waals surface area contributed by atoms with Gasteiger partial charge >= 0.3 is 0 Å². The molecule has 2 aromatic rings. The monoisotopic (exact) mass is 283 g/mol. The minimum atomic E-state index is -0.240. The van der Waals surface area contributed by atoms with Crippen LogP contribution in [0.2, 0.25) is 0 Å². The van der Waals surface area contributed by atoms with Gasteiger partial charge in [-0.15, -0.1) is 0 Å². The largest absolute Gasteiger partial charge is 0.409 e. The van der Waals surface area contributed by atoms with Crippen LogP contribution in [0.4, 0.5) is 5.69 Å². The molecule has 108 valence electrons. The van der Waals surface area contributed by atoms with E-state index in [9.17, 15) is 4.79 Å². The molecule has 1 amide bonds. The third-order valence-electron chi connectivity index (χ3n) is 3.33. The van der Waals surface area contributed by atoms with Crippen LogP contribution in [0.5, 0.6) is 0 Å². The van der Waals surface area contributed by atoms with Gasteiger partial charge in [0, 0.05) is 11.1 Å². The van der Waals surface area contributed by atoms with Crippen LogP contribution >= 0.6 is 0 Å². The number of nitrogens with one attached hydrogen (secondary N) is 1. The third kappa shape index (κ3) is 3.20. The molecule has 0 aromatic heterocycles. The summed E-state index contributed by atoms with van der Waals surface area (Å²) in [5, 5.41) is 14.5. The lowest BCUT2D eigenvalue weighted by molar-refractivity contribution is 0.102. The number of oxime groups is 1. The lowest BCUT2D eigenvalue weighted by Crippen LogP contribution is -2.19. The summed E-state index contributed by atoms with van der Waals surface area (Å²) in [6.07, 6.45) is 0. The van der Waals surface area contributed by atoms with Crippen molar-refractivity contribution in [1.29, 1.82) is 0 Å². The predicted octanol–water partition coefficient (Wildman–Crippen LogP) is 2.65. The maximum absolute atomic E-state index is 12.3. The second kappa shape index (κ2) is 6.09. The first-order chi connectivity index (χ1) is 10.0. The maximum Gasteiger partial charge on any atom is 0.255 e. The quantitative estimate of drug-likeness (QED) is 0.350. The smallest absolute Gasteiger partial charge is 0.255 e. The molecule has 4 N–H and O–H groups in total. The van der Waals surface area contributed by atoms with Crippen LogP contribution in [0, 0.1) is 13.8 Å². The molecular formula is C16H17N3O2. The average molecular weight is 283 g/mol. The van der Waals surface area contributed by atoms with Gasteiger partial charge in [0.05, 0.1) is 5.69 Å². The summed E-state index contributed by atoms with van der Waals surface area (Å²) in [5.74, 6) is -0.290. The van der Waals surface area contributed by atoms with E-state index >= 15 is 0 Å². The Hall–Kier alpha value is -2.82. The van der Waals surface area contributed by atoms with E-state index < -0.39 is 0 Å². The van der Waals surface area contributed by atoms with Crippen LogP contribution in [0.15, 0.2) is 47.6 Å². The Labute approximate surface area is 123 Å². The van der Waals surface area contributed by atoms with E-state index in [4.69, 9.17) is 10.9 Å². The van der Waals surface area contributed by atoms with Crippen LogP contribution in [-0.4, -0.2) is 17.0 Å². The number of hydrogen-bond acceptors (Lipinski definition) is 3. The van der Waals surface area contributed by atoms with Crippen molar-refractivity contribution in [2.24, 2.45) is 10.9 Å². The van der Waals surface area contributed by atoms with Crippen molar-refractivity contribution in [2.75, 3.05) is 5.32 Å². The number of anilines is 1. The van der Waals surface area contributed by atoms with Gasteiger partial charge in [0.25, 0.3) is 5.91 Å². The Morgan fingerprint density at radius 2 is 1.86 bits per heavy atom. The number of carbonyl (C=O) groups excluding carboxylic acids is 1. The zero-order chi connectivity index (χ0) is 15.4. The highest BCUT2D eigenvalue weighted by Gasteiger charge is 2.11. The van der Waals surface area contributed by atoms with Gasteiger partial charge in [0.2, 0.25) is 0 Å². The first-order valence-corrected chi connectivity index (χ1v) is 6.48. The molecule has 0 spiro atoms. The minimum absolute atomic E-state index is 0.0500. The highest BCUT2D eigenvalue weighted by Crippen LogP contribution is 2.17. The normalized spacial score (nSPS) is 11.2. The number of para-hydroxylation sites is 1. The van der Waals surface area contributed by atoms with E-state index in [-0.39, 0.29) is 11.7 Å². The Morgan fingerprint density at radius 3 is 2.52 bits per heavy atom. The number of aryl methyl sites for hydroxylation is 2. The molecule has 0 aliphatic rings. The predicted molar refractivity (Wildman–Crippen MR) is 82.8 cm³/mol. The van der Waals surface area contributed by atoms with Crippen LogP contribution in [-0.2, 0) is 0 Å². The minimum Gasteiger partial charge on any atom is -0.409 e. The summed E-state index contributed by atoms with van der Waals surface area (Å²) in [6.45, 7) is 3.95. The molecule has 0 aliphatic heterocycles. The van der Waals surface area contributed by atoms with Gasteiger partial charge in [-0.3, -0.25) is 4.79 Å². The van der Waals surface area contributed by atoms with Gasteiger partial charge in [-0.25, -0.2) is 0 Å². The molecule has 0 saturated heterocycles. The molecule has 21 heavy (non-hydrogen) atoms. The highest BCUT2D eigenvalue weighted by atomic mass is 16.4. The summed E-state index contributed by atoms with van der Waals surface area (Å²) in [6, 6.07) is 12.4. The summed E-state index contributed by atoms with van der Waals surface area (Å²) >= 11 is 0. The number of carbonyl (C=O) groups is 1. The number of amidine groups is 1. The number of rotatable bonds is 3. The average Bonchev–Trinajstić information content (AvgIpc) is 2.49. The summed E-state index contributed by atoms with van der Waals surface area (Å²) in [5.41, 5.74) is 9.31. The Morgan fingerprint density at radius 1 is 1.14 bits per heavy atom. The SMILES string of the molecule is Cc1ccc(C(=O)Nc2ccccc2/C(N)=N/O)cc1C. The second-order valence-corrected chi connectivity index (χ2v) is 4.78. The topological polar surface area (TPSA) is 87.7 Å². The number of amides is 1. The van der Waals surface area contributed by atoms with Gasteiger partial charge in [0.1, 0.15) is 0 Å². The molecular weight excluding hydrogens is 266 g/mol. The summed E-state index contributed by atoms with van der Waals surface area (Å²) in [4.78, 5) is 12.3. The molecule has 0 heterocycles. The first kappa shape index (κ1) is 14.6. The van der Waals surface area contributed by atoms with Crippen molar-refractivity contribution in [3.63, 3.8) is 0 Å². The molecule has 0 fully saturated rings. The third-order valence-corrected chi connectivity index (χ3v) is 3.33.